The summed E-state index contributed by atoms with van der Waals surface area (Å²) in [6.07, 6.45) is -34.6. The van der Waals surface area contributed by atoms with E-state index in [0.29, 0.717) is 6.08 Å². The molecular weight excluding hydrogens is 2070 g/mol. The minimum Gasteiger partial charge on any atom is -0.463 e. The topological polar surface area (TPSA) is 435 Å². The van der Waals surface area contributed by atoms with Crippen LogP contribution in [0.4, 0.5) is 60.5 Å². The Morgan fingerprint density at radius 3 is 0.870 bits per heavy atom. The van der Waals surface area contributed by atoms with E-state index in [1.54, 1.807) is 0 Å². The number of hydrogen-bond donors (Lipinski definition) is 6. The average Bonchev–Trinajstić information content (AvgIpc) is 0.688. The van der Waals surface area contributed by atoms with Crippen molar-refractivity contribution >= 4 is 200 Å². The first-order valence-electron chi connectivity index (χ1n) is 63.3. The van der Waals surface area contributed by atoms with Crippen LogP contribution in [0, 0.1) is 34.9 Å². The molecule has 0 bridgehead atoms. The first kappa shape index (κ1) is 60.6. The molecule has 0 saturated carbocycles. The largest absolute Gasteiger partial charge is 0.463 e. The van der Waals surface area contributed by atoms with E-state index in [-0.39, 0.29) is 45.9 Å². The van der Waals surface area contributed by atoms with Crippen molar-refractivity contribution in [2.24, 2.45) is 0 Å². The zero-order chi connectivity index (χ0) is 147. The Kier molecular flexibility index (Phi) is 23.7. The van der Waals surface area contributed by atoms with Crippen molar-refractivity contribution in [2.75, 3.05) is 67.9 Å². The first-order chi connectivity index (χ1) is 85.5. The van der Waals surface area contributed by atoms with Gasteiger partial charge in [0.1, 0.15) is 66.3 Å². The molecule has 0 unspecified atom stereocenters. The third-order valence-corrected chi connectivity index (χ3v) is 25.4. The van der Waals surface area contributed by atoms with Gasteiger partial charge in [0.25, 0.3) is 0 Å². The number of carbonyl (C=O) groups is 6. The van der Waals surface area contributed by atoms with Crippen LogP contribution in [-0.2, 0) is 117 Å². The smallest absolute Gasteiger partial charge is 0.335 e. The van der Waals surface area contributed by atoms with E-state index < -0.39 is 530 Å². The van der Waals surface area contributed by atoms with Gasteiger partial charge >= 0.3 is 35.8 Å². The molecule has 6 atom stereocenters. The van der Waals surface area contributed by atoms with Gasteiger partial charge in [-0.3, -0.25) is 28.3 Å². The molecule has 6 aliphatic rings. The molecule has 6 N–H and O–H groups in total. The van der Waals surface area contributed by atoms with E-state index >= 15 is 0 Å². The van der Waals surface area contributed by atoms with Crippen LogP contribution in [0.2, 0.25) is 38.6 Å². The molecule has 0 aliphatic heterocycles. The van der Waals surface area contributed by atoms with Gasteiger partial charge in [0.2, 0.25) is 60.1 Å². The maximum Gasteiger partial charge on any atom is 0.335 e. The SMILES string of the molecule is [2H]C1=C(C(=O)OCC)[C@H](S(=O)(=O)N([2H])c2c([2H])c([2H])c(F)c([2H])c2Cl)C([2H])([2H])CC1.[2H]C1=C(C(=O)OCC)[C@H](S(=O)(=O)N([2H])c2c([2H])c([2H])c(F)c([2H])c2Cl)C([2H])([2H])CC1([2H])[2H].[2H]C1=C(C(=O)OCC)[C@]([2H])(S(=O)(=O)N([2H])c2c([2H])c([2H])c(F)c([2H])c2Cl)C([2H])([2H])CC1.[2H]C1=C(C(=O)OCC)[C@]([2H])(S(=O)(=O)N([2H])c2c([2H])c([2H])c(F)c([2H])c2Cl)C([2H])([2H])CC1([2H])[2H].[2H]c1c([2H])c(N([2H])S(=O)(=O)[C@@]2([2H])C(C(=O)OCC)=CCC([2H])([2H])C2([2H])[2H])c(Cl)c([2H])c1F.[2H]c1c([2H])c(N([2H])S(=O)(=O)[C@H]2C(C(=O)OCC)=CCC([2H])([2H])C2([2H])[2H])c(Cl)c([2H])c1F. The van der Waals surface area contributed by atoms with Gasteiger partial charge in [0, 0.05) is 27.4 Å². The van der Waals surface area contributed by atoms with E-state index in [4.69, 9.17) is 154 Å². The molecule has 6 aromatic rings. The summed E-state index contributed by atoms with van der Waals surface area (Å²) < 4.78 is 671. The monoisotopic (exact) mass is 2220 g/mol. The van der Waals surface area contributed by atoms with Crippen molar-refractivity contribution in [3.63, 3.8) is 0 Å². The number of halogens is 12. The lowest BCUT2D eigenvalue weighted by atomic mass is 9.99. The number of esters is 6. The molecule has 6 aromatic carbocycles. The molecule has 12 rings (SSSR count). The van der Waals surface area contributed by atoms with Gasteiger partial charge in [0.15, 0.2) is 8.47 Å². The predicted molar refractivity (Wildman–Crippen MR) is 518 cm³/mol. The molecule has 0 heterocycles. The fourth-order valence-electron chi connectivity index (χ4n) is 10.1. The molecule has 0 spiro atoms. The van der Waals surface area contributed by atoms with E-state index in [1.165, 1.54) is 41.5 Å². The minimum atomic E-state index is -5.86. The number of rotatable bonds is 30. The number of benzene rings is 6. The molecule has 6 aliphatic carbocycles. The summed E-state index contributed by atoms with van der Waals surface area (Å²) in [7, 11) is -33.3. The van der Waals surface area contributed by atoms with Crippen LogP contribution in [-0.4, -0.2) is 157 Å². The second kappa shape index (κ2) is 53.9. The van der Waals surface area contributed by atoms with Gasteiger partial charge in [-0.15, -0.1) is 0 Å². The van der Waals surface area contributed by atoms with Crippen molar-refractivity contribution in [3.05, 3.63) is 244 Å². The fourth-order valence-corrected chi connectivity index (χ4v) is 18.6. The maximum atomic E-state index is 13.9. The van der Waals surface area contributed by atoms with Gasteiger partial charge in [-0.05, 0) is 265 Å². The summed E-state index contributed by atoms with van der Waals surface area (Å²) in [5.74, 6) is -17.8. The Balaban J connectivity index is 0.000000302. The second-order valence-corrected chi connectivity index (χ2v) is 37.0. The average molecular weight is 2220 g/mol. The quantitative estimate of drug-likeness (QED) is 0.0139. The Labute approximate surface area is 900 Å². The van der Waals surface area contributed by atoms with Crippen LogP contribution in [0.25, 0.3) is 0 Å². The molecule has 30 nitrogen and oxygen atoms in total. The summed E-state index contributed by atoms with van der Waals surface area (Å²) in [4.78, 5) is 74.4. The molecule has 0 fully saturated rings. The van der Waals surface area contributed by atoms with Crippen molar-refractivity contribution in [1.29, 1.82) is 0 Å². The van der Waals surface area contributed by atoms with Gasteiger partial charge in [-0.1, -0.05) is 106 Å². The Morgan fingerprint density at radius 2 is 0.536 bits per heavy atom. The number of allylic oxidation sites excluding steroid dienone is 6. The highest BCUT2D eigenvalue weighted by molar-refractivity contribution is 7.95. The van der Waals surface area contributed by atoms with Gasteiger partial charge < -0.3 is 28.4 Å². The second-order valence-electron chi connectivity index (χ2n) is 25.0. The lowest BCUT2D eigenvalue weighted by Crippen LogP contribution is -2.34. The molecule has 0 aromatic heterocycles. The summed E-state index contributed by atoms with van der Waals surface area (Å²) in [6, 6.07) is -25.5. The molecular formula is C90H102Cl6F6N6O24S6. The number of nitrogens with one attached hydrogen (secondary N) is 6. The molecule has 0 saturated heterocycles. The van der Waals surface area contributed by atoms with Crippen LogP contribution in [0.3, 0.4) is 0 Å². The van der Waals surface area contributed by atoms with Crippen LogP contribution in [0.1, 0.15) is 218 Å². The van der Waals surface area contributed by atoms with E-state index in [9.17, 15) is 106 Å². The van der Waals surface area contributed by atoms with Crippen LogP contribution >= 0.6 is 69.6 Å². The zero-order valence-corrected chi connectivity index (χ0v) is 80.2. The molecule has 756 valence electrons. The summed E-state index contributed by atoms with van der Waals surface area (Å²) in [5.41, 5.74) is -13.5. The zero-order valence-electron chi connectivity index (χ0n) is 122. The molecule has 0 radical (unpaired) electrons. The Hall–Kier alpha value is -9.60. The van der Waals surface area contributed by atoms with Gasteiger partial charge in [0.05, 0.1) is 172 Å². The minimum absolute atomic E-state index is 0.180. The third-order valence-electron chi connectivity index (χ3n) is 15.6. The summed E-state index contributed by atoms with van der Waals surface area (Å²) in [5, 5.41) is -25.0. The van der Waals surface area contributed by atoms with Crippen molar-refractivity contribution < 1.29 is 204 Å². The van der Waals surface area contributed by atoms with E-state index in [0.717, 1.165) is 6.08 Å². The van der Waals surface area contributed by atoms with Gasteiger partial charge in [-0.25, -0.2) is 106 Å². The van der Waals surface area contributed by atoms with Crippen molar-refractivity contribution in [2.45, 2.75) is 188 Å². The predicted octanol–water partition coefficient (Wildman–Crippen LogP) is 19.6. The van der Waals surface area contributed by atoms with Crippen LogP contribution < -0.4 is 28.3 Å². The first-order valence-corrected chi connectivity index (χ1v) is 49.2. The van der Waals surface area contributed by atoms with E-state index in [2.05, 4.69) is 14.2 Å². The normalized spacial score (nSPS) is 29.1. The number of hydrogen-bond acceptors (Lipinski definition) is 24. The number of anilines is 6. The maximum absolute atomic E-state index is 13.9. The third kappa shape index (κ3) is 33.8. The van der Waals surface area contributed by atoms with E-state index in [1.807, 2.05) is 0 Å². The highest BCUT2D eigenvalue weighted by Gasteiger charge is 2.42. The number of ether oxygens (including phenoxy) is 6. The summed E-state index contributed by atoms with van der Waals surface area (Å²) in [6.45, 7) is 6.50. The van der Waals surface area contributed by atoms with Gasteiger partial charge in [-0.2, -0.15) is 0 Å². The lowest BCUT2D eigenvalue weighted by molar-refractivity contribution is -0.139. The number of carbonyl (C=O) groups excluding carboxylic acids is 6. The highest BCUT2D eigenvalue weighted by atomic mass is 35.5. The molecule has 48 heteroatoms. The highest BCUT2D eigenvalue weighted by Crippen LogP contribution is 2.39. The lowest BCUT2D eigenvalue weighted by Gasteiger charge is -2.24. The molecule has 138 heavy (non-hydrogen) atoms. The number of sulfonamides is 6. The standard InChI is InChI=1S/6C15H17ClFNO4S/c6*1-2-22-15(19)11-5-3-4-6-14(11)23(20,21)18-13-8-7-10(17)9-12(13)16/h6*5,7-9,14,18H,2-4,6H2,1H3/t6*14-/m111111/s1/i3D2,5D,6D2,7D,8D,9D,14D;5D,6D2,7D,8D,9D,14D;4D2,6D2,7D,8D,9D,14D;3D2,5D,6D2,7D,8D,9D;5D,6D2,7D,8D,9D;4D2,6D2,7D,8D,9D/hD6. The summed E-state index contributed by atoms with van der Waals surface area (Å²) >= 11 is 34.5. The van der Waals surface area contributed by atoms with Crippen LogP contribution in [0.15, 0.2) is 179 Å². The Bertz CT molecular complexity index is 9050. The fraction of sp³-hybridized carbons (Fsp3) is 0.400. The van der Waals surface area contributed by atoms with Crippen molar-refractivity contribution in [1.82, 2.24) is 0 Å². The Morgan fingerprint density at radius 1 is 0.312 bits per heavy atom. The molecule has 0 amide bonds. The van der Waals surface area contributed by atoms with Crippen LogP contribution in [0.5, 0.6) is 0 Å². The van der Waals surface area contributed by atoms with Crippen molar-refractivity contribution in [3.8, 4) is 0 Å².